The number of carboxylic acid groups (broad SMARTS) is 1. The van der Waals surface area contributed by atoms with E-state index in [-0.39, 0.29) is 35.7 Å². The fraction of sp³-hybridized carbons (Fsp3) is 0.944. The third kappa shape index (κ3) is 9.16. The van der Waals surface area contributed by atoms with E-state index in [1.54, 1.807) is 6.92 Å². The standard InChI is InChI=1S/C18H36N2O3.Na.H/c1-3-4-5-6-7-8-9-10-11-12-16-19-13-14-20(16)17(15(2)21)18(22)23;;/h15-17,19,21H,3-14H2,1-2H3,(H,22,23);;. The molecule has 3 N–H and O–H groups in total. The van der Waals surface area contributed by atoms with E-state index in [4.69, 9.17) is 0 Å². The minimum atomic E-state index is -0.930. The van der Waals surface area contributed by atoms with Crippen molar-refractivity contribution in [2.75, 3.05) is 13.1 Å². The Morgan fingerprint density at radius 1 is 1.12 bits per heavy atom. The molecule has 3 atom stereocenters. The fourth-order valence-electron chi connectivity index (χ4n) is 3.51. The third-order valence-electron chi connectivity index (χ3n) is 4.80. The zero-order valence-corrected chi connectivity index (χ0v) is 15.0. The average Bonchev–Trinajstić information content (AvgIpc) is 2.93. The molecule has 24 heavy (non-hydrogen) atoms. The molecule has 0 saturated carbocycles. The average molecular weight is 352 g/mol. The summed E-state index contributed by atoms with van der Waals surface area (Å²) in [5.41, 5.74) is 0. The van der Waals surface area contributed by atoms with Gasteiger partial charge in [-0.05, 0) is 13.3 Å². The Morgan fingerprint density at radius 3 is 2.17 bits per heavy atom. The van der Waals surface area contributed by atoms with Crippen LogP contribution >= 0.6 is 0 Å². The first-order valence-corrected chi connectivity index (χ1v) is 9.48. The number of aliphatic carboxylic acids is 1. The molecule has 0 spiro atoms. The van der Waals surface area contributed by atoms with E-state index in [9.17, 15) is 15.0 Å². The number of rotatable bonds is 13. The zero-order valence-electron chi connectivity index (χ0n) is 15.0. The molecule has 6 heteroatoms. The van der Waals surface area contributed by atoms with Crippen molar-refractivity contribution < 1.29 is 15.0 Å². The number of nitrogens with zero attached hydrogens (tertiary/aromatic N) is 1. The normalized spacial score (nSPS) is 20.5. The molecule has 0 aliphatic carbocycles. The van der Waals surface area contributed by atoms with Gasteiger partial charge in [-0.3, -0.25) is 9.69 Å². The number of carbonyl (C=O) groups is 1. The van der Waals surface area contributed by atoms with E-state index in [2.05, 4.69) is 12.2 Å². The number of aliphatic hydroxyl groups excluding tert-OH is 1. The molecule has 3 unspecified atom stereocenters. The van der Waals surface area contributed by atoms with Gasteiger partial charge in [0, 0.05) is 13.1 Å². The van der Waals surface area contributed by atoms with Gasteiger partial charge in [-0.1, -0.05) is 64.7 Å². The second-order valence-corrected chi connectivity index (χ2v) is 6.85. The van der Waals surface area contributed by atoms with Crippen molar-refractivity contribution in [2.24, 2.45) is 0 Å². The monoisotopic (exact) mass is 352 g/mol. The second-order valence-electron chi connectivity index (χ2n) is 6.85. The predicted molar refractivity (Wildman–Crippen MR) is 101 cm³/mol. The van der Waals surface area contributed by atoms with Crippen LogP contribution in [0.2, 0.25) is 0 Å². The SMILES string of the molecule is CCCCCCCCCCCC1NCCN1C(C(=O)O)C(C)O.[NaH]. The van der Waals surface area contributed by atoms with Gasteiger partial charge in [-0.25, -0.2) is 0 Å². The molecule has 1 heterocycles. The number of unbranched alkanes of at least 4 members (excludes halogenated alkanes) is 8. The van der Waals surface area contributed by atoms with Gasteiger partial charge in [-0.15, -0.1) is 0 Å². The van der Waals surface area contributed by atoms with Crippen LogP contribution in [0, 0.1) is 0 Å². The van der Waals surface area contributed by atoms with Crippen molar-refractivity contribution in [3.8, 4) is 0 Å². The Bertz CT molecular complexity index is 329. The first-order chi connectivity index (χ1) is 11.1. The molecule has 1 rings (SSSR count). The fourth-order valence-corrected chi connectivity index (χ4v) is 3.51. The van der Waals surface area contributed by atoms with Crippen LogP contribution in [0.5, 0.6) is 0 Å². The van der Waals surface area contributed by atoms with E-state index >= 15 is 0 Å². The molecule has 138 valence electrons. The predicted octanol–water partition coefficient (Wildman–Crippen LogP) is 2.32. The number of aliphatic hydroxyl groups is 1. The molecule has 1 aliphatic rings. The van der Waals surface area contributed by atoms with Gasteiger partial charge in [0.15, 0.2) is 0 Å². The van der Waals surface area contributed by atoms with Crippen LogP contribution in [-0.4, -0.2) is 82.0 Å². The number of carboxylic acids is 1. The van der Waals surface area contributed by atoms with E-state index in [0.717, 1.165) is 19.4 Å². The summed E-state index contributed by atoms with van der Waals surface area (Å²) in [6.07, 6.45) is 11.9. The van der Waals surface area contributed by atoms with Crippen molar-refractivity contribution >= 4 is 35.5 Å². The molecule has 5 nitrogen and oxygen atoms in total. The molecule has 0 bridgehead atoms. The topological polar surface area (TPSA) is 72.8 Å². The quantitative estimate of drug-likeness (QED) is 0.350. The summed E-state index contributed by atoms with van der Waals surface area (Å²) in [7, 11) is 0. The summed E-state index contributed by atoms with van der Waals surface area (Å²) in [6, 6.07) is -0.798. The summed E-state index contributed by atoms with van der Waals surface area (Å²) in [4.78, 5) is 13.3. The molecule has 0 aromatic carbocycles. The van der Waals surface area contributed by atoms with Crippen molar-refractivity contribution in [2.45, 2.75) is 96.4 Å². The number of hydrogen-bond acceptors (Lipinski definition) is 4. The van der Waals surface area contributed by atoms with Gasteiger partial charge in [0.25, 0.3) is 0 Å². The first-order valence-electron chi connectivity index (χ1n) is 9.48. The maximum absolute atomic E-state index is 11.4. The van der Waals surface area contributed by atoms with Gasteiger partial charge in [0.2, 0.25) is 0 Å². The Balaban J connectivity index is 0.00000529. The van der Waals surface area contributed by atoms with Crippen molar-refractivity contribution in [3.63, 3.8) is 0 Å². The van der Waals surface area contributed by atoms with Crippen molar-refractivity contribution in [1.82, 2.24) is 10.2 Å². The van der Waals surface area contributed by atoms with Crippen LogP contribution in [0.25, 0.3) is 0 Å². The second kappa shape index (κ2) is 14.5. The summed E-state index contributed by atoms with van der Waals surface area (Å²) >= 11 is 0. The first kappa shape index (κ1) is 24.4. The molecule has 0 aromatic rings. The third-order valence-corrected chi connectivity index (χ3v) is 4.80. The summed E-state index contributed by atoms with van der Waals surface area (Å²) in [6.45, 7) is 5.31. The van der Waals surface area contributed by atoms with Crippen molar-refractivity contribution in [1.29, 1.82) is 0 Å². The van der Waals surface area contributed by atoms with Crippen LogP contribution in [0.4, 0.5) is 0 Å². The van der Waals surface area contributed by atoms with E-state index in [0.29, 0.717) is 6.54 Å². The number of hydrogen-bond donors (Lipinski definition) is 3. The molecule has 0 aromatic heterocycles. The molecular weight excluding hydrogens is 315 g/mol. The zero-order chi connectivity index (χ0) is 17.1. The van der Waals surface area contributed by atoms with Gasteiger partial charge < -0.3 is 15.5 Å². The van der Waals surface area contributed by atoms with E-state index in [1.165, 1.54) is 51.4 Å². The summed E-state index contributed by atoms with van der Waals surface area (Å²) in [5.74, 6) is -0.930. The van der Waals surface area contributed by atoms with Crippen LogP contribution in [0.15, 0.2) is 0 Å². The molecule has 0 radical (unpaired) electrons. The van der Waals surface area contributed by atoms with Gasteiger partial charge >= 0.3 is 35.5 Å². The van der Waals surface area contributed by atoms with Crippen LogP contribution in [0.1, 0.15) is 78.1 Å². The van der Waals surface area contributed by atoms with Gasteiger partial charge in [0.05, 0.1) is 12.3 Å². The maximum atomic E-state index is 11.4. The van der Waals surface area contributed by atoms with Crippen molar-refractivity contribution in [3.05, 3.63) is 0 Å². The number of nitrogens with one attached hydrogen (secondary N) is 1. The van der Waals surface area contributed by atoms with Crippen LogP contribution in [-0.2, 0) is 4.79 Å². The van der Waals surface area contributed by atoms with E-state index in [1.807, 2.05) is 4.90 Å². The van der Waals surface area contributed by atoms with E-state index < -0.39 is 18.1 Å². The van der Waals surface area contributed by atoms with Gasteiger partial charge in [0.1, 0.15) is 6.04 Å². The Labute approximate surface area is 169 Å². The van der Waals surface area contributed by atoms with Crippen LogP contribution in [0.3, 0.4) is 0 Å². The Morgan fingerprint density at radius 2 is 1.67 bits per heavy atom. The Hall–Kier alpha value is 0.350. The molecule has 1 fully saturated rings. The summed E-state index contributed by atoms with van der Waals surface area (Å²) < 4.78 is 0. The molecular formula is C18H37N2NaO3. The minimum absolute atomic E-state index is 0. The molecule has 1 saturated heterocycles. The molecule has 1 aliphatic heterocycles. The summed E-state index contributed by atoms with van der Waals surface area (Å²) in [5, 5.41) is 22.4. The molecule has 0 amide bonds. The van der Waals surface area contributed by atoms with Crippen LogP contribution < -0.4 is 5.32 Å². The Kier molecular flexibility index (Phi) is 14.7. The van der Waals surface area contributed by atoms with Gasteiger partial charge in [-0.2, -0.15) is 0 Å².